The second kappa shape index (κ2) is 60.0. The van der Waals surface area contributed by atoms with Gasteiger partial charge in [-0.05, 0) is 0 Å². The van der Waals surface area contributed by atoms with Crippen molar-refractivity contribution in [1.82, 2.24) is 0 Å². The molecule has 0 saturated carbocycles. The molecule has 0 aliphatic heterocycles. The van der Waals surface area contributed by atoms with Crippen LogP contribution >= 0.6 is 0 Å². The zero-order chi connectivity index (χ0) is 2.71. The normalized spacial score (nSPS) is 2.00. The van der Waals surface area contributed by atoms with Crippen LogP contribution in [0.2, 0.25) is 0 Å². The fourth-order valence-electron chi connectivity index (χ4n) is 0. The summed E-state index contributed by atoms with van der Waals surface area (Å²) in [5, 5.41) is 0. The summed E-state index contributed by atoms with van der Waals surface area (Å²) >= 11 is -2.17. The molecule has 3 heteroatoms. The summed E-state index contributed by atoms with van der Waals surface area (Å²) in [6.45, 7) is 0. The van der Waals surface area contributed by atoms with Gasteiger partial charge in [-0.3, -0.25) is 0 Å². The third-order valence-electron chi connectivity index (χ3n) is 0. The predicted molar refractivity (Wildman–Crippen MR) is 20.6 cm³/mol. The van der Waals surface area contributed by atoms with E-state index in [2.05, 4.69) is 0 Å². The monoisotopic (exact) mass is 264 g/mol. The Labute approximate surface area is 47.7 Å². The summed E-state index contributed by atoms with van der Waals surface area (Å²) in [7, 11) is 0. The average Bonchev–Trinajstić information content (AvgIpc) is 0.918. The third kappa shape index (κ3) is 659. The predicted octanol–water partition coefficient (Wildman–Crippen LogP) is 1.11. The molecule has 0 fully saturated rings. The second-order valence-corrected chi connectivity index (χ2v) is 0.516. The number of hydrogen-bond donors (Lipinski definition) is 0. The second-order valence-electron chi connectivity index (χ2n) is 0.0630. The zero-order valence-electron chi connectivity index (χ0n) is 4.19. The summed E-state index contributed by atoms with van der Waals surface area (Å²) < 4.78 is 17.1. The molecule has 0 unspecified atom stereocenters. The molecule has 0 atom stereocenters. The van der Waals surface area contributed by atoms with E-state index in [9.17, 15) is 0 Å². The van der Waals surface area contributed by atoms with Gasteiger partial charge in [0.1, 0.15) is 0 Å². The number of rotatable bonds is 0. The van der Waals surface area contributed by atoms with Gasteiger partial charge >= 0.3 is 24.8 Å². The van der Waals surface area contributed by atoms with Crippen LogP contribution in [0.15, 0.2) is 0 Å². The summed E-state index contributed by atoms with van der Waals surface area (Å²) in [5.74, 6) is 0. The molecule has 0 aromatic carbocycles. The Hall–Kier alpha value is 0.262. The van der Waals surface area contributed by atoms with E-state index in [1.807, 2.05) is 0 Å². The molecular weight excluding hydrogens is 254 g/mol. The minimum absolute atomic E-state index is 0. The van der Waals surface area contributed by atoms with E-state index in [0.29, 0.717) is 0 Å². The molecule has 0 aromatic rings. The van der Waals surface area contributed by atoms with E-state index in [1.165, 1.54) is 0 Å². The van der Waals surface area contributed by atoms with Crippen molar-refractivity contribution < 1.29 is 24.8 Å². The molecule has 0 aromatic heterocycles. The summed E-state index contributed by atoms with van der Waals surface area (Å²) in [6, 6.07) is 0. The quantitative estimate of drug-likeness (QED) is 0.614. The van der Waals surface area contributed by atoms with Crippen LogP contribution in [0.3, 0.4) is 0 Å². The van der Waals surface area contributed by atoms with E-state index >= 15 is 0 Å². The first kappa shape index (κ1) is 33.9. The van der Waals surface area contributed by atoms with Gasteiger partial charge in [-0.2, -0.15) is 0 Å². The summed E-state index contributed by atoms with van der Waals surface area (Å²) in [5.41, 5.74) is 0. The first-order valence-corrected chi connectivity index (χ1v) is 2.53. The minimum atomic E-state index is -2.17. The number of hydrogen-bond acceptors (Lipinski definition) is 2. The van der Waals surface area contributed by atoms with E-state index in [4.69, 9.17) is 6.94 Å². The van der Waals surface area contributed by atoms with Crippen LogP contribution in [0.1, 0.15) is 0 Å². The Morgan fingerprint density at radius 2 is 0.833 bits per heavy atom. The van der Waals surface area contributed by atoms with E-state index in [-0.39, 0.29) is 22.3 Å². The Kier molecular flexibility index (Phi) is 339. The molecule has 43 valence electrons. The van der Waals surface area contributed by atoms with Gasteiger partial charge in [0.15, 0.2) is 0 Å². The van der Waals surface area contributed by atoms with Gasteiger partial charge in [0.25, 0.3) is 0 Å². The Bertz CT molecular complexity index is 29.8. The van der Waals surface area contributed by atoms with Crippen molar-refractivity contribution in [3.63, 3.8) is 0 Å². The van der Waals surface area contributed by atoms with Crippen molar-refractivity contribution in [2.75, 3.05) is 0 Å². The van der Waals surface area contributed by atoms with Crippen LogP contribution in [-0.2, 0) is 24.8 Å². The van der Waals surface area contributed by atoms with Crippen LogP contribution in [0.5, 0.6) is 0 Å². The first-order valence-electron chi connectivity index (χ1n) is 0.309. The molecular formula is C3H9O2Re-3. The molecule has 2 nitrogen and oxygen atoms in total. The van der Waals surface area contributed by atoms with Crippen molar-refractivity contribution in [2.24, 2.45) is 0 Å². The maximum absolute atomic E-state index is 8.53. The Morgan fingerprint density at radius 1 is 0.833 bits per heavy atom. The molecule has 0 aliphatic carbocycles. The van der Waals surface area contributed by atoms with Crippen LogP contribution in [0.25, 0.3) is 0 Å². The van der Waals surface area contributed by atoms with Gasteiger partial charge in [-0.15, -0.1) is 0 Å². The van der Waals surface area contributed by atoms with E-state index in [0.717, 1.165) is 0 Å². The molecule has 0 saturated heterocycles. The van der Waals surface area contributed by atoms with Gasteiger partial charge in [0.05, 0.1) is 0 Å². The van der Waals surface area contributed by atoms with Crippen LogP contribution in [0, 0.1) is 22.3 Å². The molecule has 0 aliphatic rings. The van der Waals surface area contributed by atoms with Gasteiger partial charge in [-0.1, -0.05) is 0 Å². The van der Waals surface area contributed by atoms with Crippen molar-refractivity contribution in [3.8, 4) is 0 Å². The maximum atomic E-state index is 8.53. The average molecular weight is 263 g/mol. The molecule has 0 amide bonds. The first-order chi connectivity index (χ1) is 1.41. The zero-order valence-corrected chi connectivity index (χ0v) is 6.91. The van der Waals surface area contributed by atoms with Gasteiger partial charge in [-0.25, -0.2) is 0 Å². The van der Waals surface area contributed by atoms with E-state index in [1.54, 1.807) is 0 Å². The Morgan fingerprint density at radius 3 is 0.833 bits per heavy atom. The third-order valence-corrected chi connectivity index (χ3v) is 0. The molecule has 0 rings (SSSR count). The molecule has 0 radical (unpaired) electrons. The molecule has 0 bridgehead atoms. The van der Waals surface area contributed by atoms with Gasteiger partial charge in [0, 0.05) is 0 Å². The van der Waals surface area contributed by atoms with Gasteiger partial charge in [0.2, 0.25) is 0 Å². The fourth-order valence-corrected chi connectivity index (χ4v) is 0. The Balaban J connectivity index is -0.00000000667. The SMILES string of the molecule is [CH3-].[CH3-].[CH3-].[O]=[Re]=[O]. The van der Waals surface area contributed by atoms with Gasteiger partial charge < -0.3 is 22.3 Å². The van der Waals surface area contributed by atoms with Crippen LogP contribution in [0.4, 0.5) is 0 Å². The van der Waals surface area contributed by atoms with Crippen molar-refractivity contribution in [1.29, 1.82) is 0 Å². The fraction of sp³-hybridized carbons (Fsp3) is 0. The summed E-state index contributed by atoms with van der Waals surface area (Å²) in [4.78, 5) is 0. The molecule has 0 spiro atoms. The van der Waals surface area contributed by atoms with Crippen molar-refractivity contribution >= 4 is 0 Å². The van der Waals surface area contributed by atoms with Crippen LogP contribution in [-0.4, -0.2) is 0 Å². The van der Waals surface area contributed by atoms with Crippen LogP contribution < -0.4 is 0 Å². The van der Waals surface area contributed by atoms with Crippen molar-refractivity contribution in [2.45, 2.75) is 0 Å². The topological polar surface area (TPSA) is 34.1 Å². The van der Waals surface area contributed by atoms with Crippen molar-refractivity contribution in [3.05, 3.63) is 22.3 Å². The molecule has 0 N–H and O–H groups in total. The summed E-state index contributed by atoms with van der Waals surface area (Å²) in [6.07, 6.45) is 0. The van der Waals surface area contributed by atoms with E-state index < -0.39 is 17.9 Å². The molecule has 0 heterocycles. The standard InChI is InChI=1S/3CH3.2O.Re/h3*1H3;;;/q3*-1;;;. The molecule has 6 heavy (non-hydrogen) atoms.